The second-order valence-corrected chi connectivity index (χ2v) is 7.20. The van der Waals surface area contributed by atoms with E-state index < -0.39 is 15.9 Å². The molecule has 1 N–H and O–H groups in total. The summed E-state index contributed by atoms with van der Waals surface area (Å²) in [6, 6.07) is 15.1. The van der Waals surface area contributed by atoms with Crippen molar-refractivity contribution in [2.75, 3.05) is 6.26 Å². The largest absolute Gasteiger partial charge is 0.350 e. The lowest BCUT2D eigenvalue weighted by molar-refractivity contribution is 0.0982. The smallest absolute Gasteiger partial charge is 0.264 e. The molecule has 0 atom stereocenters. The van der Waals surface area contributed by atoms with Gasteiger partial charge in [-0.3, -0.25) is 4.79 Å². The van der Waals surface area contributed by atoms with Gasteiger partial charge >= 0.3 is 0 Å². The molecule has 1 amide bonds. The van der Waals surface area contributed by atoms with E-state index in [-0.39, 0.29) is 0 Å². The van der Waals surface area contributed by atoms with Crippen LogP contribution in [0, 0.1) is 0 Å². The first-order valence-electron chi connectivity index (χ1n) is 7.02. The van der Waals surface area contributed by atoms with Crippen LogP contribution in [0.2, 0.25) is 0 Å². The van der Waals surface area contributed by atoms with Gasteiger partial charge in [0.1, 0.15) is 0 Å². The second kappa shape index (κ2) is 5.55. The maximum Gasteiger partial charge on any atom is 0.264 e. The van der Waals surface area contributed by atoms with Crippen LogP contribution in [0.3, 0.4) is 0 Å². The number of benzene rings is 2. The molecule has 0 aliphatic rings. The minimum atomic E-state index is -3.58. The summed E-state index contributed by atoms with van der Waals surface area (Å²) in [5, 5.41) is 1.01. The maximum atomic E-state index is 12.0. The summed E-state index contributed by atoms with van der Waals surface area (Å²) in [4.78, 5) is 12.0. The number of sulfonamides is 1. The average molecular weight is 328 g/mol. The molecule has 1 heterocycles. The number of carbonyl (C=O) groups is 1. The van der Waals surface area contributed by atoms with Crippen LogP contribution >= 0.6 is 0 Å². The third kappa shape index (κ3) is 3.12. The maximum absolute atomic E-state index is 12.0. The highest BCUT2D eigenvalue weighted by Crippen LogP contribution is 2.30. The van der Waals surface area contributed by atoms with Crippen LogP contribution in [0.5, 0.6) is 0 Å². The van der Waals surface area contributed by atoms with Gasteiger partial charge in [-0.2, -0.15) is 0 Å². The van der Waals surface area contributed by atoms with E-state index >= 15 is 0 Å². The molecule has 3 rings (SSSR count). The van der Waals surface area contributed by atoms with Gasteiger partial charge in [-0.1, -0.05) is 36.4 Å². The topological polar surface area (TPSA) is 68.2 Å². The Morgan fingerprint density at radius 2 is 1.78 bits per heavy atom. The Hall–Kier alpha value is -2.60. The SMILES string of the molecule is Cn1cc(-c2ccccc2)c2ccc(C(=O)NS(C)(=O)=O)cc21. The van der Waals surface area contributed by atoms with E-state index in [1.54, 1.807) is 12.1 Å². The van der Waals surface area contributed by atoms with Crippen LogP contribution in [-0.2, 0) is 17.1 Å². The number of fused-ring (bicyclic) bond motifs is 1. The lowest BCUT2D eigenvalue weighted by atomic mass is 10.0. The number of nitrogens with one attached hydrogen (secondary N) is 1. The van der Waals surface area contributed by atoms with Gasteiger partial charge in [0.2, 0.25) is 10.0 Å². The lowest BCUT2D eigenvalue weighted by Crippen LogP contribution is -2.29. The van der Waals surface area contributed by atoms with Gasteiger partial charge < -0.3 is 4.57 Å². The lowest BCUT2D eigenvalue weighted by Gasteiger charge is -2.04. The minimum absolute atomic E-state index is 0.309. The van der Waals surface area contributed by atoms with Crippen molar-refractivity contribution in [1.29, 1.82) is 0 Å². The van der Waals surface area contributed by atoms with Gasteiger partial charge in [0, 0.05) is 35.3 Å². The molecule has 0 saturated heterocycles. The van der Waals surface area contributed by atoms with Crippen LogP contribution < -0.4 is 4.72 Å². The molecule has 5 nitrogen and oxygen atoms in total. The fourth-order valence-corrected chi connectivity index (χ4v) is 3.05. The first kappa shape index (κ1) is 15.3. The normalized spacial score (nSPS) is 11.6. The Morgan fingerprint density at radius 3 is 2.43 bits per heavy atom. The van der Waals surface area contributed by atoms with Gasteiger partial charge in [0.05, 0.1) is 6.26 Å². The first-order valence-corrected chi connectivity index (χ1v) is 8.91. The van der Waals surface area contributed by atoms with E-state index in [0.29, 0.717) is 5.56 Å². The molecule has 0 radical (unpaired) electrons. The summed E-state index contributed by atoms with van der Waals surface area (Å²) in [5.41, 5.74) is 3.33. The Labute approximate surface area is 134 Å². The molecule has 3 aromatic rings. The number of hydrogen-bond acceptors (Lipinski definition) is 3. The summed E-state index contributed by atoms with van der Waals surface area (Å²) in [7, 11) is -1.68. The van der Waals surface area contributed by atoms with Gasteiger partial charge in [0.25, 0.3) is 5.91 Å². The highest BCUT2D eigenvalue weighted by atomic mass is 32.2. The van der Waals surface area contributed by atoms with Gasteiger partial charge in [-0.15, -0.1) is 0 Å². The number of carbonyl (C=O) groups excluding carboxylic acids is 1. The van der Waals surface area contributed by atoms with Gasteiger partial charge in [-0.25, -0.2) is 13.1 Å². The molecular weight excluding hydrogens is 312 g/mol. The zero-order valence-corrected chi connectivity index (χ0v) is 13.6. The van der Waals surface area contributed by atoms with Crippen molar-refractivity contribution in [2.24, 2.45) is 7.05 Å². The predicted molar refractivity (Wildman–Crippen MR) is 90.7 cm³/mol. The molecule has 1 aromatic heterocycles. The van der Waals surface area contributed by atoms with Crippen molar-refractivity contribution >= 4 is 26.8 Å². The molecule has 6 heteroatoms. The molecule has 0 aliphatic heterocycles. The minimum Gasteiger partial charge on any atom is -0.350 e. The van der Waals surface area contributed by atoms with Gasteiger partial charge in [0.15, 0.2) is 0 Å². The number of aryl methyl sites for hydroxylation is 1. The van der Waals surface area contributed by atoms with Crippen LogP contribution in [0.15, 0.2) is 54.7 Å². The van der Waals surface area contributed by atoms with E-state index in [9.17, 15) is 13.2 Å². The Kier molecular flexibility index (Phi) is 3.69. The van der Waals surface area contributed by atoms with Crippen molar-refractivity contribution in [1.82, 2.24) is 9.29 Å². The van der Waals surface area contributed by atoms with E-state index in [4.69, 9.17) is 0 Å². The molecular formula is C17H16N2O3S. The van der Waals surface area contributed by atoms with E-state index in [1.165, 1.54) is 0 Å². The molecule has 118 valence electrons. The number of rotatable bonds is 3. The zero-order valence-electron chi connectivity index (χ0n) is 12.8. The second-order valence-electron chi connectivity index (χ2n) is 5.45. The van der Waals surface area contributed by atoms with E-state index in [0.717, 1.165) is 28.3 Å². The fraction of sp³-hybridized carbons (Fsp3) is 0.118. The quantitative estimate of drug-likeness (QED) is 0.803. The highest BCUT2D eigenvalue weighted by Gasteiger charge is 2.14. The standard InChI is InChI=1S/C17H16N2O3S/c1-19-11-15(12-6-4-3-5-7-12)14-9-8-13(10-16(14)19)17(20)18-23(2,21)22/h3-11H,1-2H3,(H,18,20). The molecule has 0 spiro atoms. The molecule has 2 aromatic carbocycles. The van der Waals surface area contributed by atoms with E-state index in [2.05, 4.69) is 0 Å². The zero-order chi connectivity index (χ0) is 16.6. The summed E-state index contributed by atoms with van der Waals surface area (Å²) < 4.78 is 26.3. The summed E-state index contributed by atoms with van der Waals surface area (Å²) in [5.74, 6) is -0.628. The Balaban J connectivity index is 2.09. The Bertz CT molecular complexity index is 989. The van der Waals surface area contributed by atoms with Crippen LogP contribution in [0.25, 0.3) is 22.0 Å². The van der Waals surface area contributed by atoms with Gasteiger partial charge in [-0.05, 0) is 17.7 Å². The van der Waals surface area contributed by atoms with Crippen molar-refractivity contribution in [3.05, 3.63) is 60.3 Å². The molecule has 0 fully saturated rings. The van der Waals surface area contributed by atoms with Crippen molar-refractivity contribution in [2.45, 2.75) is 0 Å². The van der Waals surface area contributed by atoms with Crippen molar-refractivity contribution in [3.63, 3.8) is 0 Å². The predicted octanol–water partition coefficient (Wildman–Crippen LogP) is 2.53. The third-order valence-corrected chi connectivity index (χ3v) is 4.17. The summed E-state index contributed by atoms with van der Waals surface area (Å²) in [6.45, 7) is 0. The van der Waals surface area contributed by atoms with E-state index in [1.807, 2.05) is 58.9 Å². The summed E-state index contributed by atoms with van der Waals surface area (Å²) in [6.07, 6.45) is 2.96. The number of aromatic nitrogens is 1. The summed E-state index contributed by atoms with van der Waals surface area (Å²) >= 11 is 0. The van der Waals surface area contributed by atoms with Crippen LogP contribution in [0.4, 0.5) is 0 Å². The fourth-order valence-electron chi connectivity index (χ4n) is 2.60. The number of hydrogen-bond donors (Lipinski definition) is 1. The average Bonchev–Trinajstić information content (AvgIpc) is 2.83. The molecule has 0 unspecified atom stereocenters. The first-order chi connectivity index (χ1) is 10.8. The van der Waals surface area contributed by atoms with Crippen LogP contribution in [-0.4, -0.2) is 25.1 Å². The molecule has 0 saturated carbocycles. The van der Waals surface area contributed by atoms with Crippen LogP contribution in [0.1, 0.15) is 10.4 Å². The van der Waals surface area contributed by atoms with Crippen molar-refractivity contribution in [3.8, 4) is 11.1 Å². The highest BCUT2D eigenvalue weighted by molar-refractivity contribution is 7.89. The van der Waals surface area contributed by atoms with Crippen molar-refractivity contribution < 1.29 is 13.2 Å². The third-order valence-electron chi connectivity index (χ3n) is 3.62. The monoisotopic (exact) mass is 328 g/mol. The Morgan fingerprint density at radius 1 is 1.09 bits per heavy atom. The molecule has 23 heavy (non-hydrogen) atoms. The molecule has 0 bridgehead atoms. The number of nitrogens with zero attached hydrogens (tertiary/aromatic N) is 1. The number of amides is 1. The molecule has 0 aliphatic carbocycles.